The monoisotopic (exact) mass is 345 g/mol. The number of hydrogen-bond donors (Lipinski definition) is 3. The minimum atomic E-state index is -4.25. The lowest BCUT2D eigenvalue weighted by Crippen LogP contribution is -2.33. The summed E-state index contributed by atoms with van der Waals surface area (Å²) in [4.78, 5) is -0.732. The molecule has 20 heavy (non-hydrogen) atoms. The quantitative estimate of drug-likeness (QED) is 0.621. The highest BCUT2D eigenvalue weighted by Crippen LogP contribution is 2.24. The summed E-state index contributed by atoms with van der Waals surface area (Å²) in [7, 11) is -6.62. The molecule has 0 amide bonds. The number of rotatable bonds is 6. The lowest BCUT2D eigenvalue weighted by Gasteiger charge is -2.09. The molecule has 0 bridgehead atoms. The van der Waals surface area contributed by atoms with Crippen molar-refractivity contribution in [2.75, 3.05) is 25.1 Å². The molecule has 7 nitrogen and oxygen atoms in total. The summed E-state index contributed by atoms with van der Waals surface area (Å²) in [6.07, 6.45) is 0. The zero-order valence-electron chi connectivity index (χ0n) is 10.4. The van der Waals surface area contributed by atoms with Gasteiger partial charge in [-0.2, -0.15) is 0 Å². The fourth-order valence-corrected chi connectivity index (χ4v) is 3.43. The molecule has 1 aromatic rings. The largest absolute Gasteiger partial charge is 0.396 e. The van der Waals surface area contributed by atoms with E-state index in [4.69, 9.17) is 17.3 Å². The first-order valence-corrected chi connectivity index (χ1v) is 8.76. The molecule has 0 radical (unpaired) electrons. The molecule has 1 aromatic carbocycles. The van der Waals surface area contributed by atoms with Crippen LogP contribution in [0.4, 0.5) is 10.1 Å². The van der Waals surface area contributed by atoms with Crippen molar-refractivity contribution in [3.63, 3.8) is 0 Å². The lowest BCUT2D eigenvalue weighted by molar-refractivity contribution is 0.559. The van der Waals surface area contributed by atoms with Gasteiger partial charge in [-0.15, -0.1) is 0 Å². The van der Waals surface area contributed by atoms with Gasteiger partial charge in [0.2, 0.25) is 20.0 Å². The molecule has 0 unspecified atom stereocenters. The SMILES string of the molecule is CNS(=O)(=O)CCNS(=O)(=O)c1cc(Cl)cc(N)c1F. The molecule has 114 valence electrons. The van der Waals surface area contributed by atoms with Crippen LogP contribution < -0.4 is 15.2 Å². The van der Waals surface area contributed by atoms with Crippen molar-refractivity contribution in [2.24, 2.45) is 0 Å². The van der Waals surface area contributed by atoms with Crippen LogP contribution in [0.15, 0.2) is 17.0 Å². The number of hydrogen-bond acceptors (Lipinski definition) is 5. The normalized spacial score (nSPS) is 12.6. The Morgan fingerprint density at radius 3 is 2.45 bits per heavy atom. The van der Waals surface area contributed by atoms with E-state index in [2.05, 4.69) is 0 Å². The molecule has 0 aliphatic heterocycles. The number of sulfonamides is 2. The predicted molar refractivity (Wildman–Crippen MR) is 73.9 cm³/mol. The Morgan fingerprint density at radius 2 is 1.90 bits per heavy atom. The summed E-state index contributed by atoms with van der Waals surface area (Å²) in [6.45, 7) is -0.419. The van der Waals surface area contributed by atoms with E-state index >= 15 is 0 Å². The van der Waals surface area contributed by atoms with Gasteiger partial charge >= 0.3 is 0 Å². The van der Waals surface area contributed by atoms with Crippen LogP contribution in [0, 0.1) is 5.82 Å². The Hall–Kier alpha value is -0.940. The minimum Gasteiger partial charge on any atom is -0.396 e. The van der Waals surface area contributed by atoms with Crippen LogP contribution in [0.5, 0.6) is 0 Å². The highest BCUT2D eigenvalue weighted by Gasteiger charge is 2.22. The molecular weight excluding hydrogens is 333 g/mol. The maximum atomic E-state index is 13.7. The van der Waals surface area contributed by atoms with E-state index in [0.29, 0.717) is 0 Å². The van der Waals surface area contributed by atoms with Crippen molar-refractivity contribution in [3.05, 3.63) is 23.0 Å². The van der Waals surface area contributed by atoms with Crippen LogP contribution in [0.1, 0.15) is 0 Å². The second-order valence-corrected chi connectivity index (χ2v) is 7.95. The first kappa shape index (κ1) is 17.1. The van der Waals surface area contributed by atoms with E-state index in [-0.39, 0.29) is 5.02 Å². The Kier molecular flexibility index (Phi) is 5.33. The van der Waals surface area contributed by atoms with Crippen molar-refractivity contribution in [2.45, 2.75) is 4.90 Å². The average Bonchev–Trinajstić information content (AvgIpc) is 2.33. The molecule has 0 saturated heterocycles. The van der Waals surface area contributed by atoms with Crippen molar-refractivity contribution >= 4 is 37.3 Å². The number of nitrogens with two attached hydrogens (primary N) is 1. The standard InChI is InChI=1S/C9H13ClFN3O4S2/c1-13-19(15,16)3-2-14-20(17,18)8-5-6(10)4-7(12)9(8)11/h4-5,13-14H,2-3,12H2,1H3. The fraction of sp³-hybridized carbons (Fsp3) is 0.333. The number of nitrogens with one attached hydrogen (secondary N) is 2. The minimum absolute atomic E-state index is 0.0490. The molecule has 11 heteroatoms. The molecule has 0 heterocycles. The van der Waals surface area contributed by atoms with Gasteiger partial charge in [0.15, 0.2) is 5.82 Å². The molecule has 0 aliphatic rings. The zero-order chi connectivity index (χ0) is 15.6. The van der Waals surface area contributed by atoms with Gasteiger partial charge in [0.25, 0.3) is 0 Å². The Balaban J connectivity index is 2.96. The van der Waals surface area contributed by atoms with Gasteiger partial charge in [0.05, 0.1) is 11.4 Å². The van der Waals surface area contributed by atoms with E-state index in [9.17, 15) is 21.2 Å². The molecule has 0 fully saturated rings. The van der Waals surface area contributed by atoms with Gasteiger partial charge in [0, 0.05) is 11.6 Å². The van der Waals surface area contributed by atoms with E-state index in [1.165, 1.54) is 7.05 Å². The summed E-state index contributed by atoms with van der Waals surface area (Å²) in [5.41, 5.74) is 4.86. The third-order valence-electron chi connectivity index (χ3n) is 2.30. The van der Waals surface area contributed by atoms with Crippen LogP contribution in [0.3, 0.4) is 0 Å². The van der Waals surface area contributed by atoms with Crippen molar-refractivity contribution in [1.29, 1.82) is 0 Å². The Bertz CT molecular complexity index is 706. The van der Waals surface area contributed by atoms with E-state index in [1.54, 1.807) is 0 Å². The summed E-state index contributed by atoms with van der Waals surface area (Å²) in [5.74, 6) is -1.63. The predicted octanol–water partition coefficient (Wildman–Crippen LogP) is -0.111. The maximum absolute atomic E-state index is 13.7. The average molecular weight is 346 g/mol. The molecular formula is C9H13ClFN3O4S2. The molecule has 0 aromatic heterocycles. The smallest absolute Gasteiger partial charge is 0.243 e. The summed E-state index contributed by atoms with van der Waals surface area (Å²) < 4.78 is 63.6. The zero-order valence-corrected chi connectivity index (χ0v) is 12.7. The van der Waals surface area contributed by atoms with Crippen LogP contribution in [-0.2, 0) is 20.0 Å². The number of benzene rings is 1. The van der Waals surface area contributed by atoms with Crippen molar-refractivity contribution in [3.8, 4) is 0 Å². The van der Waals surface area contributed by atoms with Crippen LogP contribution in [0.2, 0.25) is 5.02 Å². The highest BCUT2D eigenvalue weighted by atomic mass is 35.5. The third kappa shape index (κ3) is 4.28. The van der Waals surface area contributed by atoms with Gasteiger partial charge in [-0.05, 0) is 19.2 Å². The van der Waals surface area contributed by atoms with Gasteiger partial charge in [-0.1, -0.05) is 11.6 Å². The maximum Gasteiger partial charge on any atom is 0.243 e. The Labute approximate surface area is 121 Å². The van der Waals surface area contributed by atoms with E-state index in [1.807, 2.05) is 9.44 Å². The van der Waals surface area contributed by atoms with E-state index in [0.717, 1.165) is 12.1 Å². The van der Waals surface area contributed by atoms with Crippen molar-refractivity contribution < 1.29 is 21.2 Å². The van der Waals surface area contributed by atoms with E-state index < -0.39 is 48.7 Å². The molecule has 0 saturated carbocycles. The Morgan fingerprint density at radius 1 is 1.30 bits per heavy atom. The van der Waals surface area contributed by atoms with Crippen LogP contribution in [-0.4, -0.2) is 36.2 Å². The third-order valence-corrected chi connectivity index (χ3v) is 5.34. The van der Waals surface area contributed by atoms with Gasteiger partial charge < -0.3 is 5.73 Å². The fourth-order valence-electron chi connectivity index (χ4n) is 1.27. The van der Waals surface area contributed by atoms with Crippen LogP contribution >= 0.6 is 11.6 Å². The first-order valence-electron chi connectivity index (χ1n) is 5.24. The van der Waals surface area contributed by atoms with Gasteiger partial charge in [0.1, 0.15) is 4.90 Å². The number of anilines is 1. The number of nitrogen functional groups attached to an aromatic ring is 1. The van der Waals surface area contributed by atoms with Gasteiger partial charge in [-0.3, -0.25) is 0 Å². The topological polar surface area (TPSA) is 118 Å². The number of halogens is 2. The molecule has 4 N–H and O–H groups in total. The summed E-state index contributed by atoms with van der Waals surface area (Å²) >= 11 is 5.61. The second-order valence-electron chi connectivity index (χ2n) is 3.73. The molecule has 0 aliphatic carbocycles. The summed E-state index contributed by atoms with van der Waals surface area (Å²) in [6, 6.07) is 1.96. The summed E-state index contributed by atoms with van der Waals surface area (Å²) in [5, 5.41) is -0.0490. The first-order chi connectivity index (χ1) is 9.09. The lowest BCUT2D eigenvalue weighted by atomic mass is 10.3. The molecule has 0 spiro atoms. The molecule has 1 rings (SSSR count). The second kappa shape index (κ2) is 6.22. The molecule has 0 atom stereocenters. The van der Waals surface area contributed by atoms with Gasteiger partial charge in [-0.25, -0.2) is 30.7 Å². The van der Waals surface area contributed by atoms with Crippen LogP contribution in [0.25, 0.3) is 0 Å². The van der Waals surface area contributed by atoms with Crippen molar-refractivity contribution in [1.82, 2.24) is 9.44 Å². The highest BCUT2D eigenvalue weighted by molar-refractivity contribution is 7.90.